The number of amides is 1. The van der Waals surface area contributed by atoms with Crippen LogP contribution in [0.1, 0.15) is 15.9 Å². The van der Waals surface area contributed by atoms with Crippen LogP contribution in [-0.4, -0.2) is 46.5 Å². The molecule has 3 rings (SSSR count). The summed E-state index contributed by atoms with van der Waals surface area (Å²) in [5, 5.41) is 0. The number of pyridine rings is 2. The van der Waals surface area contributed by atoms with E-state index >= 15 is 0 Å². The number of aryl methyl sites for hydroxylation is 2. The molecule has 6 nitrogen and oxygen atoms in total. The molecule has 0 radical (unpaired) electrons. The maximum Gasteiger partial charge on any atom is 0.255 e. The van der Waals surface area contributed by atoms with Gasteiger partial charge in [-0.3, -0.25) is 9.59 Å². The van der Waals surface area contributed by atoms with Crippen LogP contribution in [0.3, 0.4) is 0 Å². The Bertz CT molecular complexity index is 776. The molecule has 1 saturated heterocycles. The molecule has 0 N–H and O–H groups in total. The van der Waals surface area contributed by atoms with Gasteiger partial charge in [-0.2, -0.15) is 0 Å². The van der Waals surface area contributed by atoms with Crippen molar-refractivity contribution < 1.29 is 4.79 Å². The average molecular weight is 312 g/mol. The van der Waals surface area contributed by atoms with Crippen LogP contribution in [0.4, 0.5) is 5.82 Å². The molecular formula is C17H20N4O2. The van der Waals surface area contributed by atoms with E-state index in [2.05, 4.69) is 9.88 Å². The van der Waals surface area contributed by atoms with E-state index in [-0.39, 0.29) is 11.5 Å². The van der Waals surface area contributed by atoms with E-state index in [9.17, 15) is 9.59 Å². The lowest BCUT2D eigenvalue weighted by Crippen LogP contribution is -2.49. The first-order valence-electron chi connectivity index (χ1n) is 7.69. The summed E-state index contributed by atoms with van der Waals surface area (Å²) in [7, 11) is 1.65. The van der Waals surface area contributed by atoms with Crippen molar-refractivity contribution in [3.05, 3.63) is 58.1 Å². The molecule has 3 heterocycles. The van der Waals surface area contributed by atoms with Gasteiger partial charge >= 0.3 is 0 Å². The summed E-state index contributed by atoms with van der Waals surface area (Å²) in [4.78, 5) is 32.4. The summed E-state index contributed by atoms with van der Waals surface area (Å²) in [5.74, 6) is 0.958. The fraction of sp³-hybridized carbons (Fsp3) is 0.353. The Morgan fingerprint density at radius 1 is 1.13 bits per heavy atom. The summed E-state index contributed by atoms with van der Waals surface area (Å²) in [6.07, 6.45) is 3.39. The van der Waals surface area contributed by atoms with Crippen molar-refractivity contribution >= 4 is 11.7 Å². The Morgan fingerprint density at radius 3 is 2.52 bits per heavy atom. The van der Waals surface area contributed by atoms with Crippen molar-refractivity contribution in [2.75, 3.05) is 31.1 Å². The molecule has 23 heavy (non-hydrogen) atoms. The topological polar surface area (TPSA) is 58.4 Å². The first-order chi connectivity index (χ1) is 11.1. The van der Waals surface area contributed by atoms with Gasteiger partial charge in [0.2, 0.25) is 5.56 Å². The first kappa shape index (κ1) is 15.3. The Balaban J connectivity index is 1.69. The summed E-state index contributed by atoms with van der Waals surface area (Å²) < 4.78 is 1.43. The van der Waals surface area contributed by atoms with E-state index < -0.39 is 0 Å². The third-order valence-corrected chi connectivity index (χ3v) is 4.18. The van der Waals surface area contributed by atoms with Crippen molar-refractivity contribution in [2.45, 2.75) is 6.92 Å². The Kier molecular flexibility index (Phi) is 4.14. The molecule has 1 aliphatic rings. The molecule has 1 fully saturated rings. The zero-order chi connectivity index (χ0) is 16.4. The van der Waals surface area contributed by atoms with E-state index in [1.807, 2.05) is 24.0 Å². The largest absolute Gasteiger partial charge is 0.353 e. The predicted molar refractivity (Wildman–Crippen MR) is 88.8 cm³/mol. The number of hydrogen-bond acceptors (Lipinski definition) is 4. The molecule has 0 aromatic carbocycles. The van der Waals surface area contributed by atoms with Gasteiger partial charge in [0.25, 0.3) is 5.91 Å². The number of hydrogen-bond donors (Lipinski definition) is 0. The highest BCUT2D eigenvalue weighted by Crippen LogP contribution is 2.18. The second-order valence-electron chi connectivity index (χ2n) is 5.79. The number of carbonyl (C=O) groups is 1. The monoisotopic (exact) mass is 312 g/mol. The van der Waals surface area contributed by atoms with E-state index in [1.54, 1.807) is 25.5 Å². The number of piperazine rings is 1. The minimum atomic E-state index is -0.114. The quantitative estimate of drug-likeness (QED) is 0.832. The van der Waals surface area contributed by atoms with Crippen LogP contribution in [0.5, 0.6) is 0 Å². The zero-order valence-corrected chi connectivity index (χ0v) is 13.4. The molecular weight excluding hydrogens is 292 g/mol. The Labute approximate surface area is 135 Å². The molecule has 0 aliphatic carbocycles. The third-order valence-electron chi connectivity index (χ3n) is 4.18. The summed E-state index contributed by atoms with van der Waals surface area (Å²) in [6.45, 7) is 4.87. The molecule has 0 bridgehead atoms. The highest BCUT2D eigenvalue weighted by atomic mass is 16.2. The Hall–Kier alpha value is -2.63. The summed E-state index contributed by atoms with van der Waals surface area (Å²) in [6, 6.07) is 7.00. The van der Waals surface area contributed by atoms with E-state index in [0.717, 1.165) is 24.5 Å². The van der Waals surface area contributed by atoms with Crippen molar-refractivity contribution in [2.24, 2.45) is 7.05 Å². The van der Waals surface area contributed by atoms with Gasteiger partial charge in [-0.1, -0.05) is 6.07 Å². The second kappa shape index (κ2) is 6.24. The molecule has 120 valence electrons. The lowest BCUT2D eigenvalue weighted by Gasteiger charge is -2.36. The van der Waals surface area contributed by atoms with Gasteiger partial charge < -0.3 is 14.4 Å². The normalized spacial score (nSPS) is 14.9. The minimum Gasteiger partial charge on any atom is -0.353 e. The predicted octanol–water partition coefficient (Wildman–Crippen LogP) is 1.05. The van der Waals surface area contributed by atoms with Crippen molar-refractivity contribution in [1.82, 2.24) is 14.5 Å². The van der Waals surface area contributed by atoms with E-state index in [1.165, 1.54) is 10.6 Å². The molecule has 0 atom stereocenters. The van der Waals surface area contributed by atoms with Crippen LogP contribution in [-0.2, 0) is 7.05 Å². The van der Waals surface area contributed by atoms with Gasteiger partial charge in [-0.05, 0) is 24.6 Å². The molecule has 0 saturated carbocycles. The van der Waals surface area contributed by atoms with Crippen LogP contribution in [0.2, 0.25) is 0 Å². The number of anilines is 1. The lowest BCUT2D eigenvalue weighted by atomic mass is 10.2. The van der Waals surface area contributed by atoms with Crippen LogP contribution < -0.4 is 10.5 Å². The molecule has 2 aromatic heterocycles. The molecule has 1 amide bonds. The van der Waals surface area contributed by atoms with Crippen molar-refractivity contribution in [1.29, 1.82) is 0 Å². The van der Waals surface area contributed by atoms with Gasteiger partial charge in [-0.15, -0.1) is 0 Å². The summed E-state index contributed by atoms with van der Waals surface area (Å²) >= 11 is 0. The number of carbonyl (C=O) groups excluding carboxylic acids is 1. The smallest absolute Gasteiger partial charge is 0.255 e. The zero-order valence-electron chi connectivity index (χ0n) is 13.4. The molecule has 1 aliphatic heterocycles. The Morgan fingerprint density at radius 2 is 1.87 bits per heavy atom. The van der Waals surface area contributed by atoms with E-state index in [0.29, 0.717) is 18.7 Å². The van der Waals surface area contributed by atoms with Gasteiger partial charge in [0, 0.05) is 51.7 Å². The van der Waals surface area contributed by atoms with Crippen LogP contribution >= 0.6 is 0 Å². The molecule has 6 heteroatoms. The number of aromatic nitrogens is 2. The highest BCUT2D eigenvalue weighted by molar-refractivity contribution is 5.94. The van der Waals surface area contributed by atoms with Crippen molar-refractivity contribution in [3.63, 3.8) is 0 Å². The van der Waals surface area contributed by atoms with Gasteiger partial charge in [0.1, 0.15) is 5.82 Å². The number of nitrogens with zero attached hydrogens (tertiary/aromatic N) is 4. The average Bonchev–Trinajstić information content (AvgIpc) is 2.57. The van der Waals surface area contributed by atoms with Gasteiger partial charge in [-0.25, -0.2) is 4.98 Å². The first-order valence-corrected chi connectivity index (χ1v) is 7.69. The minimum absolute atomic E-state index is 0.0296. The van der Waals surface area contributed by atoms with E-state index in [4.69, 9.17) is 0 Å². The molecule has 2 aromatic rings. The second-order valence-corrected chi connectivity index (χ2v) is 5.79. The SMILES string of the molecule is Cc1cccnc1N1CCN(C(=O)c2ccc(=O)n(C)c2)CC1. The maximum absolute atomic E-state index is 12.5. The summed E-state index contributed by atoms with van der Waals surface area (Å²) in [5.41, 5.74) is 1.58. The van der Waals surface area contributed by atoms with Crippen LogP contribution in [0.15, 0.2) is 41.5 Å². The fourth-order valence-electron chi connectivity index (χ4n) is 2.83. The molecule has 0 spiro atoms. The highest BCUT2D eigenvalue weighted by Gasteiger charge is 2.23. The standard InChI is InChI=1S/C17H20N4O2/c1-13-4-3-7-18-16(13)20-8-10-21(11-9-20)17(23)14-5-6-15(22)19(2)12-14/h3-7,12H,8-11H2,1-2H3. The third kappa shape index (κ3) is 3.11. The van der Waals surface area contributed by atoms with Crippen LogP contribution in [0.25, 0.3) is 0 Å². The van der Waals surface area contributed by atoms with Crippen LogP contribution in [0, 0.1) is 6.92 Å². The van der Waals surface area contributed by atoms with Gasteiger partial charge in [0.05, 0.1) is 5.56 Å². The van der Waals surface area contributed by atoms with Crippen molar-refractivity contribution in [3.8, 4) is 0 Å². The fourth-order valence-corrected chi connectivity index (χ4v) is 2.83. The van der Waals surface area contributed by atoms with Gasteiger partial charge in [0.15, 0.2) is 0 Å². The number of rotatable bonds is 2. The maximum atomic E-state index is 12.5. The molecule has 0 unspecified atom stereocenters. The lowest BCUT2D eigenvalue weighted by molar-refractivity contribution is 0.0745.